The molecule has 7 nitrogen and oxygen atoms in total. The number of benzene rings is 1. The van der Waals surface area contributed by atoms with E-state index < -0.39 is 5.97 Å². The van der Waals surface area contributed by atoms with Crippen LogP contribution in [0.15, 0.2) is 48.8 Å². The van der Waals surface area contributed by atoms with Crippen molar-refractivity contribution in [2.45, 2.75) is 13.3 Å². The van der Waals surface area contributed by atoms with E-state index in [0.29, 0.717) is 49.5 Å². The predicted molar refractivity (Wildman–Crippen MR) is 98.4 cm³/mol. The van der Waals surface area contributed by atoms with Crippen molar-refractivity contribution in [3.8, 4) is 5.75 Å². The molecule has 2 aromatic rings. The van der Waals surface area contributed by atoms with Crippen molar-refractivity contribution in [3.05, 3.63) is 59.9 Å². The number of carbonyl (C=O) groups is 3. The number of nitrogens with zero attached hydrogens (tertiary/aromatic N) is 3. The summed E-state index contributed by atoms with van der Waals surface area (Å²) >= 11 is 0. The Bertz CT molecular complexity index is 838. The van der Waals surface area contributed by atoms with Crippen LogP contribution in [0.5, 0.6) is 5.75 Å². The lowest BCUT2D eigenvalue weighted by molar-refractivity contribution is -0.131. The Kier molecular flexibility index (Phi) is 5.80. The molecule has 0 unspecified atom stereocenters. The van der Waals surface area contributed by atoms with Gasteiger partial charge in [-0.1, -0.05) is 6.07 Å². The van der Waals surface area contributed by atoms with Crippen molar-refractivity contribution in [2.75, 3.05) is 26.2 Å². The number of rotatable bonds is 3. The van der Waals surface area contributed by atoms with Crippen LogP contribution >= 0.6 is 0 Å². The third kappa shape index (κ3) is 4.69. The predicted octanol–water partition coefficient (Wildman–Crippen LogP) is 2.00. The first-order chi connectivity index (χ1) is 13.0. The number of ether oxygens (including phenoxy) is 1. The molecule has 0 N–H and O–H groups in total. The fourth-order valence-corrected chi connectivity index (χ4v) is 3.04. The Hall–Kier alpha value is -3.22. The molecule has 1 aromatic heterocycles. The van der Waals surface area contributed by atoms with Gasteiger partial charge in [0.2, 0.25) is 0 Å². The maximum Gasteiger partial charge on any atom is 0.308 e. The zero-order valence-electron chi connectivity index (χ0n) is 15.1. The van der Waals surface area contributed by atoms with Crippen LogP contribution in [0.1, 0.15) is 34.1 Å². The van der Waals surface area contributed by atoms with Crippen molar-refractivity contribution in [3.63, 3.8) is 0 Å². The summed E-state index contributed by atoms with van der Waals surface area (Å²) in [6.45, 7) is 3.40. The number of esters is 1. The number of hydrogen-bond donors (Lipinski definition) is 0. The molecule has 1 aromatic carbocycles. The lowest BCUT2D eigenvalue weighted by Gasteiger charge is -2.22. The zero-order valence-corrected chi connectivity index (χ0v) is 15.1. The molecule has 0 aliphatic carbocycles. The van der Waals surface area contributed by atoms with Gasteiger partial charge in [0.05, 0.1) is 0 Å². The molecule has 1 fully saturated rings. The van der Waals surface area contributed by atoms with Gasteiger partial charge in [0.25, 0.3) is 11.8 Å². The summed E-state index contributed by atoms with van der Waals surface area (Å²) in [5.41, 5.74) is 1.06. The summed E-state index contributed by atoms with van der Waals surface area (Å²) < 4.78 is 5.05. The second kappa shape index (κ2) is 8.44. The summed E-state index contributed by atoms with van der Waals surface area (Å²) in [7, 11) is 0. The molecule has 7 heteroatoms. The highest BCUT2D eigenvalue weighted by Crippen LogP contribution is 2.17. The van der Waals surface area contributed by atoms with Crippen LogP contribution < -0.4 is 4.74 Å². The van der Waals surface area contributed by atoms with Gasteiger partial charge in [0.15, 0.2) is 0 Å². The Labute approximate surface area is 157 Å². The number of aromatic nitrogens is 1. The Morgan fingerprint density at radius 1 is 0.889 bits per heavy atom. The summed E-state index contributed by atoms with van der Waals surface area (Å²) in [5, 5.41) is 0. The van der Waals surface area contributed by atoms with E-state index in [0.717, 1.165) is 0 Å². The molecule has 2 amide bonds. The molecule has 27 heavy (non-hydrogen) atoms. The van der Waals surface area contributed by atoms with E-state index in [9.17, 15) is 14.4 Å². The molecule has 1 aliphatic rings. The van der Waals surface area contributed by atoms with Crippen LogP contribution in [0.4, 0.5) is 0 Å². The lowest BCUT2D eigenvalue weighted by Crippen LogP contribution is -2.37. The highest BCUT2D eigenvalue weighted by Gasteiger charge is 2.23. The zero-order chi connectivity index (χ0) is 19.2. The van der Waals surface area contributed by atoms with Gasteiger partial charge < -0.3 is 14.5 Å². The second-order valence-electron chi connectivity index (χ2n) is 6.30. The average molecular weight is 367 g/mol. The van der Waals surface area contributed by atoms with E-state index in [1.165, 1.54) is 6.92 Å². The van der Waals surface area contributed by atoms with Crippen molar-refractivity contribution in [2.24, 2.45) is 0 Å². The minimum Gasteiger partial charge on any atom is -0.427 e. The van der Waals surface area contributed by atoms with Gasteiger partial charge >= 0.3 is 5.97 Å². The SMILES string of the molecule is CC(=O)Oc1cccc(C(=O)N2CCCN(C(=O)c3ccncc3)CC2)c1. The van der Waals surface area contributed by atoms with E-state index in [-0.39, 0.29) is 11.8 Å². The van der Waals surface area contributed by atoms with Gasteiger partial charge in [-0.2, -0.15) is 0 Å². The van der Waals surface area contributed by atoms with Crippen LogP contribution in [0.3, 0.4) is 0 Å². The monoisotopic (exact) mass is 367 g/mol. The molecule has 3 rings (SSSR count). The average Bonchev–Trinajstić information content (AvgIpc) is 2.93. The van der Waals surface area contributed by atoms with Crippen molar-refractivity contribution in [1.82, 2.24) is 14.8 Å². The highest BCUT2D eigenvalue weighted by molar-refractivity contribution is 5.95. The topological polar surface area (TPSA) is 79.8 Å². The smallest absolute Gasteiger partial charge is 0.308 e. The minimum atomic E-state index is -0.431. The van der Waals surface area contributed by atoms with Crippen LogP contribution in [-0.2, 0) is 4.79 Å². The lowest BCUT2D eigenvalue weighted by atomic mass is 10.2. The molecular formula is C20H21N3O4. The van der Waals surface area contributed by atoms with Crippen LogP contribution in [-0.4, -0.2) is 58.7 Å². The molecule has 0 saturated carbocycles. The summed E-state index contributed by atoms with van der Waals surface area (Å²) in [4.78, 5) is 43.9. The third-order valence-corrected chi connectivity index (χ3v) is 4.34. The summed E-state index contributed by atoms with van der Waals surface area (Å²) in [5.74, 6) is -0.275. The van der Waals surface area contributed by atoms with Crippen LogP contribution in [0, 0.1) is 0 Å². The van der Waals surface area contributed by atoms with Crippen molar-refractivity contribution >= 4 is 17.8 Å². The molecule has 2 heterocycles. The van der Waals surface area contributed by atoms with E-state index >= 15 is 0 Å². The molecular weight excluding hydrogens is 346 g/mol. The molecule has 1 saturated heterocycles. The summed E-state index contributed by atoms with van der Waals surface area (Å²) in [6, 6.07) is 9.96. The largest absolute Gasteiger partial charge is 0.427 e. The minimum absolute atomic E-state index is 0.0523. The number of amides is 2. The van der Waals surface area contributed by atoms with E-state index in [1.54, 1.807) is 58.6 Å². The maximum absolute atomic E-state index is 12.8. The van der Waals surface area contributed by atoms with E-state index in [1.807, 2.05) is 0 Å². The number of carbonyl (C=O) groups excluding carboxylic acids is 3. The van der Waals surface area contributed by atoms with Gasteiger partial charge in [-0.05, 0) is 36.8 Å². The number of hydrogen-bond acceptors (Lipinski definition) is 5. The van der Waals surface area contributed by atoms with Gasteiger partial charge in [0.1, 0.15) is 5.75 Å². The van der Waals surface area contributed by atoms with Crippen LogP contribution in [0.2, 0.25) is 0 Å². The fraction of sp³-hybridized carbons (Fsp3) is 0.300. The molecule has 0 bridgehead atoms. The molecule has 0 radical (unpaired) electrons. The molecule has 0 spiro atoms. The van der Waals surface area contributed by atoms with E-state index in [2.05, 4.69) is 4.98 Å². The van der Waals surface area contributed by atoms with Crippen molar-refractivity contribution < 1.29 is 19.1 Å². The standard InChI is InChI=1S/C20H21N3O4/c1-15(24)27-18-5-2-4-17(14-18)20(26)23-11-3-10-22(12-13-23)19(25)16-6-8-21-9-7-16/h2,4-9,14H,3,10-13H2,1H3. The van der Waals surface area contributed by atoms with Gasteiger partial charge in [-0.15, -0.1) is 0 Å². The Morgan fingerprint density at radius 2 is 1.52 bits per heavy atom. The van der Waals surface area contributed by atoms with Crippen molar-refractivity contribution in [1.29, 1.82) is 0 Å². The van der Waals surface area contributed by atoms with E-state index in [4.69, 9.17) is 4.74 Å². The van der Waals surface area contributed by atoms with Gasteiger partial charge in [-0.3, -0.25) is 19.4 Å². The quantitative estimate of drug-likeness (QED) is 0.612. The first kappa shape index (κ1) is 18.6. The second-order valence-corrected chi connectivity index (χ2v) is 6.30. The Balaban J connectivity index is 1.66. The molecule has 0 atom stereocenters. The first-order valence-corrected chi connectivity index (χ1v) is 8.81. The number of pyridine rings is 1. The normalized spacial score (nSPS) is 14.4. The van der Waals surface area contributed by atoms with Gasteiger partial charge in [-0.25, -0.2) is 0 Å². The Morgan fingerprint density at radius 3 is 2.15 bits per heavy atom. The first-order valence-electron chi connectivity index (χ1n) is 8.81. The van der Waals surface area contributed by atoms with Gasteiger partial charge in [0, 0.05) is 56.6 Å². The highest BCUT2D eigenvalue weighted by atomic mass is 16.5. The molecule has 1 aliphatic heterocycles. The van der Waals surface area contributed by atoms with Crippen LogP contribution in [0.25, 0.3) is 0 Å². The molecule has 140 valence electrons. The maximum atomic E-state index is 12.8. The summed E-state index contributed by atoms with van der Waals surface area (Å²) in [6.07, 6.45) is 3.89. The fourth-order valence-electron chi connectivity index (χ4n) is 3.04. The third-order valence-electron chi connectivity index (χ3n) is 4.34.